The van der Waals surface area contributed by atoms with Gasteiger partial charge in [0.05, 0.1) is 19.8 Å². The minimum Gasteiger partial charge on any atom is -0.462 e. The summed E-state index contributed by atoms with van der Waals surface area (Å²) in [6.07, 6.45) is 59.5. The summed E-state index contributed by atoms with van der Waals surface area (Å²) >= 11 is 0. The lowest BCUT2D eigenvalue weighted by Gasteiger charge is -2.21. The molecule has 2 N–H and O–H groups in total. The second-order valence-electron chi connectivity index (χ2n) is 17.6. The Labute approximate surface area is 425 Å². The van der Waals surface area contributed by atoms with Crippen LogP contribution in [0.25, 0.3) is 0 Å². The van der Waals surface area contributed by atoms with Gasteiger partial charge in [0.1, 0.15) is 12.7 Å². The van der Waals surface area contributed by atoms with E-state index in [2.05, 4.69) is 118 Å². The summed E-state index contributed by atoms with van der Waals surface area (Å²) in [5, 5.41) is 9.76. The Kier molecular flexibility index (Phi) is 49.1. The molecular weight excluding hydrogens is 904 g/mol. The van der Waals surface area contributed by atoms with E-state index in [0.717, 1.165) is 122 Å². The lowest BCUT2D eigenvalue weighted by atomic mass is 10.1. The van der Waals surface area contributed by atoms with Crippen LogP contribution in [-0.4, -0.2) is 66.5 Å². The van der Waals surface area contributed by atoms with Crippen molar-refractivity contribution in [1.82, 2.24) is 0 Å². The molecule has 3 atom stereocenters. The number of hydrogen-bond acceptors (Lipinski definition) is 10. The predicted molar refractivity (Wildman–Crippen MR) is 288 cm³/mol. The molecule has 0 rings (SSSR count). The van der Waals surface area contributed by atoms with Crippen molar-refractivity contribution in [3.8, 4) is 0 Å². The van der Waals surface area contributed by atoms with Gasteiger partial charge >= 0.3 is 25.7 Å². The minimum atomic E-state index is -4.76. The largest absolute Gasteiger partial charge is 0.472 e. The van der Waals surface area contributed by atoms with E-state index >= 15 is 0 Å². The first-order valence-electron chi connectivity index (χ1n) is 27.1. The number of esters is 3. The Morgan fingerprint density at radius 1 is 0.414 bits per heavy atom. The van der Waals surface area contributed by atoms with Gasteiger partial charge in [-0.05, 0) is 96.3 Å². The molecule has 400 valence electrons. The third kappa shape index (κ3) is 49.4. The average molecular weight is 1000 g/mol. The van der Waals surface area contributed by atoms with Crippen molar-refractivity contribution in [2.45, 2.75) is 226 Å². The molecule has 12 heteroatoms. The number of unbranched alkanes of at least 4 members (excludes halogenated alkanes) is 16. The van der Waals surface area contributed by atoms with Crippen molar-refractivity contribution < 1.29 is 52.2 Å². The van der Waals surface area contributed by atoms with Gasteiger partial charge in [-0.25, -0.2) is 4.57 Å². The van der Waals surface area contributed by atoms with Crippen molar-refractivity contribution in [3.05, 3.63) is 97.2 Å². The lowest BCUT2D eigenvalue weighted by molar-refractivity contribution is -0.161. The van der Waals surface area contributed by atoms with Crippen molar-refractivity contribution in [2.24, 2.45) is 0 Å². The summed E-state index contributed by atoms with van der Waals surface area (Å²) in [5.41, 5.74) is 0. The number of aliphatic hydroxyl groups is 1. The molecule has 70 heavy (non-hydrogen) atoms. The van der Waals surface area contributed by atoms with Crippen LogP contribution in [-0.2, 0) is 42.2 Å². The molecule has 0 amide bonds. The van der Waals surface area contributed by atoms with E-state index in [0.29, 0.717) is 19.3 Å². The molecule has 0 aliphatic carbocycles. The first-order chi connectivity index (χ1) is 34.2. The van der Waals surface area contributed by atoms with Crippen LogP contribution in [0.1, 0.15) is 213 Å². The summed E-state index contributed by atoms with van der Waals surface area (Å²) in [6.45, 7) is 4.32. The molecule has 0 aliphatic rings. The van der Waals surface area contributed by atoms with Gasteiger partial charge in [0.15, 0.2) is 6.10 Å². The summed E-state index contributed by atoms with van der Waals surface area (Å²) in [4.78, 5) is 48.3. The summed E-state index contributed by atoms with van der Waals surface area (Å²) in [7, 11) is -4.76. The van der Waals surface area contributed by atoms with Crippen LogP contribution in [0, 0.1) is 0 Å². The number of hydrogen-bond donors (Lipinski definition) is 2. The van der Waals surface area contributed by atoms with Crippen molar-refractivity contribution >= 4 is 25.7 Å². The van der Waals surface area contributed by atoms with Crippen LogP contribution < -0.4 is 0 Å². The number of phosphoric ester groups is 1. The van der Waals surface area contributed by atoms with Crippen LogP contribution in [0.15, 0.2) is 97.2 Å². The highest BCUT2D eigenvalue weighted by Crippen LogP contribution is 2.43. The molecule has 0 radical (unpaired) electrons. The second-order valence-corrected chi connectivity index (χ2v) is 19.1. The zero-order valence-corrected chi connectivity index (χ0v) is 44.8. The van der Waals surface area contributed by atoms with Crippen LogP contribution in [0.5, 0.6) is 0 Å². The van der Waals surface area contributed by atoms with Gasteiger partial charge in [-0.15, -0.1) is 0 Å². The Morgan fingerprint density at radius 3 is 1.16 bits per heavy atom. The smallest absolute Gasteiger partial charge is 0.462 e. The molecule has 0 saturated carbocycles. The van der Waals surface area contributed by atoms with Gasteiger partial charge in [-0.3, -0.25) is 23.4 Å². The fraction of sp³-hybridized carbons (Fsp3) is 0.672. The van der Waals surface area contributed by atoms with Crippen LogP contribution in [0.2, 0.25) is 0 Å². The van der Waals surface area contributed by atoms with Crippen molar-refractivity contribution in [2.75, 3.05) is 26.4 Å². The maximum atomic E-state index is 12.9. The molecule has 0 aromatic rings. The number of allylic oxidation sites excluding steroid dienone is 16. The molecule has 0 aliphatic heterocycles. The summed E-state index contributed by atoms with van der Waals surface area (Å²) < 4.78 is 39.3. The van der Waals surface area contributed by atoms with E-state index in [4.69, 9.17) is 23.3 Å². The molecule has 0 aromatic heterocycles. The number of carbonyl (C=O) groups is 3. The second kappa shape index (κ2) is 51.7. The highest BCUT2D eigenvalue weighted by molar-refractivity contribution is 7.47. The van der Waals surface area contributed by atoms with E-state index in [9.17, 15) is 28.9 Å². The Hall–Kier alpha value is -3.60. The van der Waals surface area contributed by atoms with E-state index in [-0.39, 0.29) is 25.9 Å². The number of aliphatic hydroxyl groups excluding tert-OH is 1. The lowest BCUT2D eigenvalue weighted by Crippen LogP contribution is -2.30. The molecule has 0 bridgehead atoms. The third-order valence-electron chi connectivity index (χ3n) is 11.0. The quantitative estimate of drug-likeness (QED) is 0.0197. The Bertz CT molecular complexity index is 1540. The predicted octanol–water partition coefficient (Wildman–Crippen LogP) is 15.7. The fourth-order valence-electron chi connectivity index (χ4n) is 6.93. The van der Waals surface area contributed by atoms with Gasteiger partial charge in [0.25, 0.3) is 0 Å². The molecular formula is C58H97O11P. The Balaban J connectivity index is 4.83. The van der Waals surface area contributed by atoms with Gasteiger partial charge in [-0.1, -0.05) is 195 Å². The highest BCUT2D eigenvalue weighted by Gasteiger charge is 2.28. The highest BCUT2D eigenvalue weighted by atomic mass is 31.2. The van der Waals surface area contributed by atoms with Gasteiger partial charge in [0, 0.05) is 19.3 Å². The third-order valence-corrected chi connectivity index (χ3v) is 12.0. The molecule has 0 spiro atoms. The Morgan fingerprint density at radius 2 is 0.743 bits per heavy atom. The first kappa shape index (κ1) is 66.4. The summed E-state index contributed by atoms with van der Waals surface area (Å²) in [6, 6.07) is 0. The molecule has 0 heterocycles. The van der Waals surface area contributed by atoms with Crippen molar-refractivity contribution in [1.29, 1.82) is 0 Å². The van der Waals surface area contributed by atoms with E-state index in [1.807, 2.05) is 0 Å². The standard InChI is InChI=1S/C58H97O11P/c1-4-7-10-13-16-19-21-23-25-26-27-28-30-32-34-37-40-43-46-49-58(62)69-55(51-65-56(60)47-44-41-38-36-33-31-29-24-22-20-17-14-11-8-5-2)53-67-70(63,64)66-52-54(50-59)68-57(61)48-45-42-39-35-18-15-12-9-6-3/h7-8,10-11,16-17,19-20,23-25,27-29,32,34,54-55,59H,4-6,9,12-15,18,21-22,26,30-31,33,35-53H2,1-3H3,(H,63,64)/b10-7-,11-8-,19-16-,20-17-,25-23-,28-27-,29-24-,34-32-. The van der Waals surface area contributed by atoms with Gasteiger partial charge in [0.2, 0.25) is 0 Å². The topological polar surface area (TPSA) is 155 Å². The van der Waals surface area contributed by atoms with Crippen molar-refractivity contribution in [3.63, 3.8) is 0 Å². The number of ether oxygens (including phenoxy) is 3. The molecule has 11 nitrogen and oxygen atoms in total. The van der Waals surface area contributed by atoms with E-state index < -0.39 is 57.8 Å². The number of rotatable bonds is 49. The monoisotopic (exact) mass is 1000 g/mol. The summed E-state index contributed by atoms with van der Waals surface area (Å²) in [5.74, 6) is -1.53. The molecule has 0 aromatic carbocycles. The maximum absolute atomic E-state index is 12.9. The number of phosphoric acid groups is 1. The van der Waals surface area contributed by atoms with Gasteiger partial charge in [-0.2, -0.15) is 0 Å². The van der Waals surface area contributed by atoms with Crippen LogP contribution in [0.3, 0.4) is 0 Å². The first-order valence-corrected chi connectivity index (χ1v) is 28.6. The molecule has 0 fully saturated rings. The SMILES string of the molecule is CC/C=C\C/C=C\C/C=C\C/C=C\C/C=C\CCCCCC(=O)OC(COC(=O)CCCCCCC/C=C\C/C=C\C/C=C\CC)COP(=O)(O)OCC(CO)OC(=O)CCCCCCCCCCC. The number of carbonyl (C=O) groups excluding carboxylic acids is 3. The zero-order chi connectivity index (χ0) is 51.3. The zero-order valence-electron chi connectivity index (χ0n) is 43.9. The maximum Gasteiger partial charge on any atom is 0.472 e. The molecule has 3 unspecified atom stereocenters. The van der Waals surface area contributed by atoms with Crippen LogP contribution in [0.4, 0.5) is 0 Å². The van der Waals surface area contributed by atoms with Crippen LogP contribution >= 0.6 is 7.82 Å². The van der Waals surface area contributed by atoms with E-state index in [1.54, 1.807) is 0 Å². The van der Waals surface area contributed by atoms with Gasteiger partial charge < -0.3 is 24.2 Å². The average Bonchev–Trinajstić information content (AvgIpc) is 3.35. The normalized spacial score (nSPS) is 14.2. The molecule has 0 saturated heterocycles. The fourth-order valence-corrected chi connectivity index (χ4v) is 7.71. The minimum absolute atomic E-state index is 0.121. The van der Waals surface area contributed by atoms with E-state index in [1.165, 1.54) is 32.1 Å².